The summed E-state index contributed by atoms with van der Waals surface area (Å²) in [6, 6.07) is 12.5. The number of carbonyl (C=O) groups excluding carboxylic acids is 1. The summed E-state index contributed by atoms with van der Waals surface area (Å²) in [6.07, 6.45) is 2.40. The minimum absolute atomic E-state index is 0.0327. The first kappa shape index (κ1) is 20.9. The van der Waals surface area contributed by atoms with Gasteiger partial charge in [-0.05, 0) is 62.4 Å². The SMILES string of the molecule is Cc1noc(C)c1-c1cc(C#N)c2c(c1)c1ccc(C(=O)N3CCOCC3)cc1n2CC1CC1. The molecule has 172 valence electrons. The van der Waals surface area contributed by atoms with Crippen LogP contribution in [0.4, 0.5) is 0 Å². The molecule has 2 aromatic heterocycles. The van der Waals surface area contributed by atoms with Gasteiger partial charge in [0.25, 0.3) is 5.91 Å². The van der Waals surface area contributed by atoms with Crippen molar-refractivity contribution in [3.63, 3.8) is 0 Å². The number of hydrogen-bond donors (Lipinski definition) is 0. The van der Waals surface area contributed by atoms with E-state index >= 15 is 0 Å². The molecule has 6 rings (SSSR count). The van der Waals surface area contributed by atoms with Gasteiger partial charge < -0.3 is 18.7 Å². The maximum Gasteiger partial charge on any atom is 0.254 e. The first-order chi connectivity index (χ1) is 16.5. The van der Waals surface area contributed by atoms with Crippen LogP contribution in [-0.4, -0.2) is 46.8 Å². The molecule has 2 aromatic carbocycles. The number of aryl methyl sites for hydroxylation is 2. The molecule has 1 aliphatic heterocycles. The summed E-state index contributed by atoms with van der Waals surface area (Å²) in [5, 5.41) is 16.3. The molecule has 4 aromatic rings. The standard InChI is InChI=1S/C27H26N4O3/c1-16-25(17(2)34-29-16)20-11-21(14-28)26-23(12-20)22-6-5-19(27(32)30-7-9-33-10-8-30)13-24(22)31(26)15-18-3-4-18/h5-6,11-13,18H,3-4,7-10,15H2,1-2H3. The molecule has 0 bridgehead atoms. The number of morpholine rings is 1. The minimum Gasteiger partial charge on any atom is -0.378 e. The summed E-state index contributed by atoms with van der Waals surface area (Å²) >= 11 is 0. The van der Waals surface area contributed by atoms with Crippen molar-refractivity contribution in [1.29, 1.82) is 5.26 Å². The zero-order valence-electron chi connectivity index (χ0n) is 19.4. The second kappa shape index (κ2) is 8.00. The van der Waals surface area contributed by atoms with E-state index in [1.165, 1.54) is 12.8 Å². The molecule has 34 heavy (non-hydrogen) atoms. The van der Waals surface area contributed by atoms with Gasteiger partial charge in [0.2, 0.25) is 0 Å². The zero-order chi connectivity index (χ0) is 23.4. The Morgan fingerprint density at radius 2 is 1.94 bits per heavy atom. The quantitative estimate of drug-likeness (QED) is 0.441. The molecule has 0 atom stereocenters. The molecular weight excluding hydrogens is 428 g/mol. The predicted molar refractivity (Wildman–Crippen MR) is 129 cm³/mol. The lowest BCUT2D eigenvalue weighted by Gasteiger charge is -2.26. The van der Waals surface area contributed by atoms with Crippen LogP contribution in [0, 0.1) is 31.1 Å². The molecule has 0 spiro atoms. The number of rotatable bonds is 4. The molecule has 0 unspecified atom stereocenters. The molecule has 0 radical (unpaired) electrons. The van der Waals surface area contributed by atoms with Crippen LogP contribution < -0.4 is 0 Å². The number of hydrogen-bond acceptors (Lipinski definition) is 5. The lowest BCUT2D eigenvalue weighted by molar-refractivity contribution is 0.0303. The molecule has 7 nitrogen and oxygen atoms in total. The molecule has 2 fully saturated rings. The van der Waals surface area contributed by atoms with Gasteiger partial charge in [-0.1, -0.05) is 11.2 Å². The van der Waals surface area contributed by atoms with Gasteiger partial charge in [0.05, 0.1) is 30.0 Å². The third kappa shape index (κ3) is 3.37. The average molecular weight is 455 g/mol. The van der Waals surface area contributed by atoms with E-state index in [1.807, 2.05) is 43.0 Å². The van der Waals surface area contributed by atoms with Gasteiger partial charge >= 0.3 is 0 Å². The first-order valence-electron chi connectivity index (χ1n) is 11.9. The van der Waals surface area contributed by atoms with Gasteiger partial charge in [-0.2, -0.15) is 5.26 Å². The monoisotopic (exact) mass is 454 g/mol. The Bertz CT molecular complexity index is 1460. The lowest BCUT2D eigenvalue weighted by atomic mass is 9.98. The molecular formula is C27H26N4O3. The molecule has 1 saturated heterocycles. The summed E-state index contributed by atoms with van der Waals surface area (Å²) in [6.45, 7) is 7.04. The van der Waals surface area contributed by atoms with E-state index in [0.717, 1.165) is 50.9 Å². The van der Waals surface area contributed by atoms with Gasteiger partial charge in [0, 0.05) is 47.1 Å². The van der Waals surface area contributed by atoms with Crippen LogP contribution in [0.5, 0.6) is 0 Å². The average Bonchev–Trinajstić information content (AvgIpc) is 3.56. The minimum atomic E-state index is 0.0327. The third-order valence-electron chi connectivity index (χ3n) is 7.08. The highest BCUT2D eigenvalue weighted by Gasteiger charge is 2.27. The molecule has 1 saturated carbocycles. The van der Waals surface area contributed by atoms with Gasteiger partial charge in [0.1, 0.15) is 11.8 Å². The Labute approximate surface area is 197 Å². The Kier molecular flexibility index (Phi) is 4.93. The second-order valence-electron chi connectivity index (χ2n) is 9.42. The number of aromatic nitrogens is 2. The van der Waals surface area contributed by atoms with Gasteiger partial charge in [-0.25, -0.2) is 0 Å². The number of nitriles is 1. The number of benzene rings is 2. The molecule has 3 heterocycles. The fourth-order valence-corrected chi connectivity index (χ4v) is 5.19. The van der Waals surface area contributed by atoms with Crippen molar-refractivity contribution in [3.8, 4) is 17.2 Å². The molecule has 1 amide bonds. The Morgan fingerprint density at radius 3 is 2.62 bits per heavy atom. The first-order valence-corrected chi connectivity index (χ1v) is 11.9. The Hall–Kier alpha value is -3.63. The van der Waals surface area contributed by atoms with Gasteiger partial charge in [0.15, 0.2) is 0 Å². The van der Waals surface area contributed by atoms with Crippen molar-refractivity contribution in [1.82, 2.24) is 14.6 Å². The van der Waals surface area contributed by atoms with Crippen molar-refractivity contribution in [3.05, 3.63) is 52.9 Å². The second-order valence-corrected chi connectivity index (χ2v) is 9.42. The van der Waals surface area contributed by atoms with E-state index in [2.05, 4.69) is 21.9 Å². The normalized spacial score (nSPS) is 16.3. The molecule has 7 heteroatoms. The van der Waals surface area contributed by atoms with Gasteiger partial charge in [-0.3, -0.25) is 4.79 Å². The molecule has 1 aliphatic carbocycles. The fraction of sp³-hybridized carbons (Fsp3) is 0.370. The highest BCUT2D eigenvalue weighted by molar-refractivity contribution is 6.13. The maximum atomic E-state index is 13.2. The van der Waals surface area contributed by atoms with E-state index in [-0.39, 0.29) is 5.91 Å². The Balaban J connectivity index is 1.57. The molecule has 0 N–H and O–H groups in total. The summed E-state index contributed by atoms with van der Waals surface area (Å²) in [5.41, 5.74) is 5.93. The van der Waals surface area contributed by atoms with Crippen LogP contribution in [0.2, 0.25) is 0 Å². The number of fused-ring (bicyclic) bond motifs is 3. The fourth-order valence-electron chi connectivity index (χ4n) is 5.19. The molecule has 2 aliphatic rings. The van der Waals surface area contributed by atoms with Crippen LogP contribution in [0.15, 0.2) is 34.9 Å². The van der Waals surface area contributed by atoms with E-state index in [9.17, 15) is 10.1 Å². The van der Waals surface area contributed by atoms with Crippen molar-refractivity contribution < 1.29 is 14.1 Å². The Morgan fingerprint density at radius 1 is 1.15 bits per heavy atom. The van der Waals surface area contributed by atoms with Crippen LogP contribution >= 0.6 is 0 Å². The third-order valence-corrected chi connectivity index (χ3v) is 7.08. The number of amides is 1. The number of nitrogens with zero attached hydrogens (tertiary/aromatic N) is 4. The van der Waals surface area contributed by atoms with Crippen molar-refractivity contribution in [2.24, 2.45) is 5.92 Å². The van der Waals surface area contributed by atoms with Crippen LogP contribution in [0.3, 0.4) is 0 Å². The van der Waals surface area contributed by atoms with E-state index in [4.69, 9.17) is 9.26 Å². The van der Waals surface area contributed by atoms with E-state index in [0.29, 0.717) is 43.3 Å². The summed E-state index contributed by atoms with van der Waals surface area (Å²) in [4.78, 5) is 15.1. The lowest BCUT2D eigenvalue weighted by Crippen LogP contribution is -2.40. The smallest absolute Gasteiger partial charge is 0.254 e. The van der Waals surface area contributed by atoms with E-state index < -0.39 is 0 Å². The van der Waals surface area contributed by atoms with Crippen molar-refractivity contribution in [2.75, 3.05) is 26.3 Å². The summed E-state index contributed by atoms with van der Waals surface area (Å²) < 4.78 is 13.1. The van der Waals surface area contributed by atoms with Crippen LogP contribution in [-0.2, 0) is 11.3 Å². The maximum absolute atomic E-state index is 13.2. The topological polar surface area (TPSA) is 84.3 Å². The van der Waals surface area contributed by atoms with E-state index in [1.54, 1.807) is 0 Å². The van der Waals surface area contributed by atoms with Gasteiger partial charge in [-0.15, -0.1) is 0 Å². The number of carbonyl (C=O) groups is 1. The zero-order valence-corrected chi connectivity index (χ0v) is 19.4. The number of ether oxygens (including phenoxy) is 1. The van der Waals surface area contributed by atoms with Crippen LogP contribution in [0.25, 0.3) is 32.9 Å². The van der Waals surface area contributed by atoms with Crippen molar-refractivity contribution in [2.45, 2.75) is 33.2 Å². The van der Waals surface area contributed by atoms with Crippen LogP contribution in [0.1, 0.15) is 40.2 Å². The summed E-state index contributed by atoms with van der Waals surface area (Å²) in [5.74, 6) is 1.39. The largest absolute Gasteiger partial charge is 0.378 e. The predicted octanol–water partition coefficient (Wildman–Crippen LogP) is 4.82. The highest BCUT2D eigenvalue weighted by Crippen LogP contribution is 2.40. The summed E-state index contributed by atoms with van der Waals surface area (Å²) in [7, 11) is 0. The highest BCUT2D eigenvalue weighted by atomic mass is 16.5. The van der Waals surface area contributed by atoms with Crippen molar-refractivity contribution >= 4 is 27.7 Å².